The van der Waals surface area contributed by atoms with E-state index < -0.39 is 0 Å². The number of unbranched alkanes of at least 4 members (excludes halogenated alkanes) is 12. The van der Waals surface area contributed by atoms with Gasteiger partial charge in [0.1, 0.15) is 0 Å². The van der Waals surface area contributed by atoms with Crippen molar-refractivity contribution in [3.05, 3.63) is 6.26 Å². The molecule has 0 aliphatic carbocycles. The second-order valence-corrected chi connectivity index (χ2v) is 8.60. The molecule has 0 aromatic heterocycles. The minimum absolute atomic E-state index is 0.126. The van der Waals surface area contributed by atoms with Crippen molar-refractivity contribution in [2.24, 2.45) is 0 Å². The summed E-state index contributed by atoms with van der Waals surface area (Å²) in [6.07, 6.45) is 24.5. The minimum Gasteiger partial charge on any atom is -0.253 e. The Morgan fingerprint density at radius 1 is 0.500 bits per heavy atom. The number of hydrogen-bond donors (Lipinski definition) is 1. The first-order valence-electron chi connectivity index (χ1n) is 9.36. The summed E-state index contributed by atoms with van der Waals surface area (Å²) in [5.74, 6) is 2.83. The van der Waals surface area contributed by atoms with Crippen LogP contribution in [0.1, 0.15) is 104 Å². The molecule has 1 unspecified atom stereocenters. The van der Waals surface area contributed by atoms with Gasteiger partial charge in [0, 0.05) is 0 Å². The molecular weight excluding hydrogens is 260 g/mol. The fourth-order valence-electron chi connectivity index (χ4n) is 2.67. The Labute approximate surface area is 132 Å². The molecular formula is C19H41S. The van der Waals surface area contributed by atoms with Gasteiger partial charge in [-0.15, -0.1) is 0 Å². The summed E-state index contributed by atoms with van der Waals surface area (Å²) >= 11 is 0. The van der Waals surface area contributed by atoms with Gasteiger partial charge in [-0.25, -0.2) is 0 Å². The average Bonchev–Trinajstić information content (AvgIpc) is 2.46. The first-order chi connectivity index (χ1) is 9.81. The summed E-state index contributed by atoms with van der Waals surface area (Å²) in [7, 11) is 0.126. The standard InChI is InChI=1S/C19H41S/c1-4-6-8-9-10-11-12-13-14-15-16-17-19-20(3)18-7-5-2/h20H,3-19H2,1-2H3. The second-order valence-electron chi connectivity index (χ2n) is 6.36. The van der Waals surface area contributed by atoms with E-state index in [2.05, 4.69) is 20.1 Å². The monoisotopic (exact) mass is 301 g/mol. The van der Waals surface area contributed by atoms with Crippen LogP contribution in [0.5, 0.6) is 0 Å². The lowest BCUT2D eigenvalue weighted by molar-refractivity contribution is 0.548. The van der Waals surface area contributed by atoms with Crippen molar-refractivity contribution in [3.8, 4) is 0 Å². The lowest BCUT2D eigenvalue weighted by Crippen LogP contribution is -1.92. The lowest BCUT2D eigenvalue weighted by Gasteiger charge is -2.14. The first-order valence-corrected chi connectivity index (χ1v) is 11.3. The van der Waals surface area contributed by atoms with Gasteiger partial charge >= 0.3 is 0 Å². The van der Waals surface area contributed by atoms with E-state index in [-0.39, 0.29) is 10.9 Å². The molecule has 0 saturated carbocycles. The Bertz CT molecular complexity index is 167. The highest BCUT2D eigenvalue weighted by Crippen LogP contribution is 2.26. The Morgan fingerprint density at radius 3 is 1.30 bits per heavy atom. The van der Waals surface area contributed by atoms with Crippen LogP contribution in [0, 0.1) is 6.26 Å². The van der Waals surface area contributed by atoms with Crippen LogP contribution in [0.25, 0.3) is 0 Å². The van der Waals surface area contributed by atoms with Gasteiger partial charge < -0.3 is 0 Å². The molecule has 20 heavy (non-hydrogen) atoms. The van der Waals surface area contributed by atoms with Crippen LogP contribution >= 0.6 is 10.9 Å². The van der Waals surface area contributed by atoms with Crippen LogP contribution in [0.2, 0.25) is 0 Å². The fourth-order valence-corrected chi connectivity index (χ4v) is 4.33. The SMILES string of the molecule is [CH2][SH](CCCC)CCCCCCCCCCCCCC. The topological polar surface area (TPSA) is 0 Å². The number of hydrogen-bond acceptors (Lipinski definition) is 0. The second kappa shape index (κ2) is 17.4. The van der Waals surface area contributed by atoms with Crippen molar-refractivity contribution < 1.29 is 0 Å². The third-order valence-electron chi connectivity index (χ3n) is 4.16. The molecule has 0 bridgehead atoms. The van der Waals surface area contributed by atoms with Gasteiger partial charge in [0.2, 0.25) is 0 Å². The molecule has 1 atom stereocenters. The summed E-state index contributed by atoms with van der Waals surface area (Å²) in [5, 5.41) is 0. The van der Waals surface area contributed by atoms with Crippen LogP contribution in [0.3, 0.4) is 0 Å². The lowest BCUT2D eigenvalue weighted by atomic mass is 10.1. The summed E-state index contributed by atoms with van der Waals surface area (Å²) in [5.41, 5.74) is 0. The predicted molar refractivity (Wildman–Crippen MR) is 100 cm³/mol. The van der Waals surface area contributed by atoms with Gasteiger partial charge in [-0.2, -0.15) is 0 Å². The van der Waals surface area contributed by atoms with Gasteiger partial charge in [0.15, 0.2) is 0 Å². The van der Waals surface area contributed by atoms with E-state index in [0.29, 0.717) is 0 Å². The van der Waals surface area contributed by atoms with Crippen molar-refractivity contribution in [2.45, 2.75) is 104 Å². The van der Waals surface area contributed by atoms with Crippen molar-refractivity contribution in [1.82, 2.24) is 0 Å². The molecule has 0 N–H and O–H groups in total. The molecule has 0 saturated heterocycles. The fraction of sp³-hybridized carbons (Fsp3) is 0.947. The van der Waals surface area contributed by atoms with Gasteiger partial charge in [0.05, 0.1) is 0 Å². The molecule has 0 aliphatic heterocycles. The van der Waals surface area contributed by atoms with Crippen molar-refractivity contribution >= 4 is 10.9 Å². The van der Waals surface area contributed by atoms with E-state index in [1.807, 2.05) is 0 Å². The maximum atomic E-state index is 4.33. The zero-order valence-electron chi connectivity index (χ0n) is 14.5. The highest BCUT2D eigenvalue weighted by atomic mass is 32.2. The Kier molecular flexibility index (Phi) is 17.7. The molecule has 0 aromatic rings. The molecule has 0 nitrogen and oxygen atoms in total. The van der Waals surface area contributed by atoms with Gasteiger partial charge in [0.25, 0.3) is 0 Å². The molecule has 123 valence electrons. The summed E-state index contributed by atoms with van der Waals surface area (Å²) in [6.45, 7) is 4.58. The summed E-state index contributed by atoms with van der Waals surface area (Å²) < 4.78 is 0. The predicted octanol–water partition coefficient (Wildman–Crippen LogP) is 7.28. The minimum atomic E-state index is 0.126. The molecule has 0 amide bonds. The third kappa shape index (κ3) is 16.4. The van der Waals surface area contributed by atoms with Gasteiger partial charge in [-0.3, -0.25) is 10.9 Å². The van der Waals surface area contributed by atoms with E-state index in [1.54, 1.807) is 0 Å². The van der Waals surface area contributed by atoms with Crippen molar-refractivity contribution in [3.63, 3.8) is 0 Å². The van der Waals surface area contributed by atoms with Gasteiger partial charge in [-0.1, -0.05) is 90.9 Å². The molecule has 0 spiro atoms. The maximum absolute atomic E-state index is 4.33. The smallest absolute Gasteiger partial charge is 0.0178 e. The Hall–Kier alpha value is 0.350. The highest BCUT2D eigenvalue weighted by Gasteiger charge is 1.97. The molecule has 1 radical (unpaired) electrons. The van der Waals surface area contributed by atoms with Gasteiger partial charge in [-0.05, 0) is 30.6 Å². The van der Waals surface area contributed by atoms with Crippen molar-refractivity contribution in [1.29, 1.82) is 0 Å². The Morgan fingerprint density at radius 2 is 0.850 bits per heavy atom. The summed E-state index contributed by atoms with van der Waals surface area (Å²) in [4.78, 5) is 0. The van der Waals surface area contributed by atoms with Crippen LogP contribution in [-0.2, 0) is 0 Å². The van der Waals surface area contributed by atoms with Crippen LogP contribution in [-0.4, -0.2) is 11.5 Å². The largest absolute Gasteiger partial charge is 0.253 e. The third-order valence-corrected chi connectivity index (χ3v) is 6.05. The van der Waals surface area contributed by atoms with Crippen LogP contribution in [0.15, 0.2) is 0 Å². The zero-order valence-corrected chi connectivity index (χ0v) is 15.4. The number of rotatable bonds is 16. The molecule has 0 aromatic carbocycles. The Balaban J connectivity index is 3.02. The zero-order chi connectivity index (χ0) is 14.9. The van der Waals surface area contributed by atoms with E-state index >= 15 is 0 Å². The van der Waals surface area contributed by atoms with Crippen LogP contribution in [0.4, 0.5) is 0 Å². The first kappa shape index (κ1) is 20.3. The average molecular weight is 302 g/mol. The quantitative estimate of drug-likeness (QED) is 0.225. The number of thiol groups is 1. The molecule has 0 rings (SSSR count). The normalized spacial score (nSPS) is 13.7. The molecule has 0 aliphatic rings. The van der Waals surface area contributed by atoms with Crippen LogP contribution < -0.4 is 0 Å². The molecule has 0 heterocycles. The molecule has 0 fully saturated rings. The van der Waals surface area contributed by atoms with Crippen molar-refractivity contribution in [2.75, 3.05) is 11.5 Å². The maximum Gasteiger partial charge on any atom is -0.0178 e. The summed E-state index contributed by atoms with van der Waals surface area (Å²) in [6, 6.07) is 0. The van der Waals surface area contributed by atoms with E-state index in [4.69, 9.17) is 0 Å². The van der Waals surface area contributed by atoms with E-state index in [0.717, 1.165) is 0 Å². The molecule has 1 heteroatoms. The van der Waals surface area contributed by atoms with E-state index in [9.17, 15) is 0 Å². The highest BCUT2D eigenvalue weighted by molar-refractivity contribution is 8.18. The van der Waals surface area contributed by atoms with E-state index in [1.165, 1.54) is 101 Å².